The van der Waals surface area contributed by atoms with Gasteiger partial charge in [0.15, 0.2) is 11.5 Å². The summed E-state index contributed by atoms with van der Waals surface area (Å²) in [7, 11) is 3.19. The van der Waals surface area contributed by atoms with Gasteiger partial charge in [-0.3, -0.25) is 4.79 Å². The third-order valence-corrected chi connectivity index (χ3v) is 3.46. The van der Waals surface area contributed by atoms with Crippen molar-refractivity contribution >= 4 is 12.0 Å². The van der Waals surface area contributed by atoms with Gasteiger partial charge < -0.3 is 14.8 Å². The molecule has 1 rings (SSSR count). The molecule has 0 bridgehead atoms. The van der Waals surface area contributed by atoms with E-state index >= 15 is 0 Å². The SMILES string of the molecule is CCCCCC(C)NC(=O)/C=C/c1ccc(OC)c(OC)c1. The molecule has 4 heteroatoms. The monoisotopic (exact) mass is 305 g/mol. The first-order valence-electron chi connectivity index (χ1n) is 7.81. The summed E-state index contributed by atoms with van der Waals surface area (Å²) < 4.78 is 10.4. The first-order valence-corrected chi connectivity index (χ1v) is 7.81. The molecule has 0 heterocycles. The zero-order valence-electron chi connectivity index (χ0n) is 14.0. The van der Waals surface area contributed by atoms with Gasteiger partial charge in [0.25, 0.3) is 0 Å². The molecular formula is C18H27NO3. The summed E-state index contributed by atoms with van der Waals surface area (Å²) in [6.07, 6.45) is 7.90. The first-order chi connectivity index (χ1) is 10.6. The summed E-state index contributed by atoms with van der Waals surface area (Å²) in [4.78, 5) is 11.9. The van der Waals surface area contributed by atoms with E-state index in [1.807, 2.05) is 25.1 Å². The zero-order valence-corrected chi connectivity index (χ0v) is 14.0. The molecule has 1 amide bonds. The van der Waals surface area contributed by atoms with Crippen LogP contribution in [-0.4, -0.2) is 26.2 Å². The average Bonchev–Trinajstić information content (AvgIpc) is 2.52. The highest BCUT2D eigenvalue weighted by molar-refractivity contribution is 5.91. The van der Waals surface area contributed by atoms with Crippen LogP contribution in [0.15, 0.2) is 24.3 Å². The van der Waals surface area contributed by atoms with Gasteiger partial charge in [0.05, 0.1) is 14.2 Å². The van der Waals surface area contributed by atoms with Gasteiger partial charge in [-0.25, -0.2) is 0 Å². The first kappa shape index (κ1) is 18.1. The van der Waals surface area contributed by atoms with Crippen LogP contribution in [0.2, 0.25) is 0 Å². The Balaban J connectivity index is 2.55. The average molecular weight is 305 g/mol. The summed E-state index contributed by atoms with van der Waals surface area (Å²) in [5, 5.41) is 2.98. The zero-order chi connectivity index (χ0) is 16.4. The Labute approximate surface area is 133 Å². The lowest BCUT2D eigenvalue weighted by Crippen LogP contribution is -2.30. The lowest BCUT2D eigenvalue weighted by atomic mass is 10.1. The molecule has 1 N–H and O–H groups in total. The van der Waals surface area contributed by atoms with Gasteiger partial charge in [-0.2, -0.15) is 0 Å². The molecule has 4 nitrogen and oxygen atoms in total. The molecule has 0 aromatic heterocycles. The Morgan fingerprint density at radius 2 is 1.95 bits per heavy atom. The van der Waals surface area contributed by atoms with Crippen molar-refractivity contribution in [1.82, 2.24) is 5.32 Å². The van der Waals surface area contributed by atoms with Gasteiger partial charge in [-0.15, -0.1) is 0 Å². The van der Waals surface area contributed by atoms with Gasteiger partial charge >= 0.3 is 0 Å². The standard InChI is InChI=1S/C18H27NO3/c1-5-6-7-8-14(2)19-18(20)12-10-15-9-11-16(21-3)17(13-15)22-4/h9-14H,5-8H2,1-4H3,(H,19,20)/b12-10+. The van der Waals surface area contributed by atoms with Crippen LogP contribution in [-0.2, 0) is 4.79 Å². The van der Waals surface area contributed by atoms with Crippen LogP contribution < -0.4 is 14.8 Å². The van der Waals surface area contributed by atoms with Crippen molar-refractivity contribution in [2.75, 3.05) is 14.2 Å². The third-order valence-electron chi connectivity index (χ3n) is 3.46. The molecule has 1 aromatic carbocycles. The second-order valence-corrected chi connectivity index (χ2v) is 5.35. The van der Waals surface area contributed by atoms with E-state index in [4.69, 9.17) is 9.47 Å². The normalized spacial score (nSPS) is 12.2. The summed E-state index contributed by atoms with van der Waals surface area (Å²) in [5.74, 6) is 1.26. The summed E-state index contributed by atoms with van der Waals surface area (Å²) in [6, 6.07) is 5.75. The molecule has 0 aliphatic rings. The van der Waals surface area contributed by atoms with Crippen molar-refractivity contribution in [3.8, 4) is 11.5 Å². The van der Waals surface area contributed by atoms with E-state index in [1.165, 1.54) is 12.8 Å². The fourth-order valence-corrected chi connectivity index (χ4v) is 2.19. The summed E-state index contributed by atoms with van der Waals surface area (Å²) in [5.41, 5.74) is 0.895. The highest BCUT2D eigenvalue weighted by Gasteiger charge is 2.05. The van der Waals surface area contributed by atoms with Gasteiger partial charge in [0, 0.05) is 12.1 Å². The lowest BCUT2D eigenvalue weighted by molar-refractivity contribution is -0.117. The maximum atomic E-state index is 11.9. The van der Waals surface area contributed by atoms with E-state index in [0.29, 0.717) is 11.5 Å². The van der Waals surface area contributed by atoms with Crippen molar-refractivity contribution in [3.63, 3.8) is 0 Å². The van der Waals surface area contributed by atoms with E-state index in [0.717, 1.165) is 18.4 Å². The second-order valence-electron chi connectivity index (χ2n) is 5.35. The topological polar surface area (TPSA) is 47.6 Å². The number of rotatable bonds is 9. The largest absolute Gasteiger partial charge is 0.493 e. The fraction of sp³-hybridized carbons (Fsp3) is 0.500. The van der Waals surface area contributed by atoms with E-state index in [2.05, 4.69) is 12.2 Å². The molecule has 0 saturated heterocycles. The number of carbonyl (C=O) groups is 1. The highest BCUT2D eigenvalue weighted by atomic mass is 16.5. The van der Waals surface area contributed by atoms with E-state index in [1.54, 1.807) is 26.4 Å². The number of carbonyl (C=O) groups excluding carboxylic acids is 1. The fourth-order valence-electron chi connectivity index (χ4n) is 2.19. The molecule has 22 heavy (non-hydrogen) atoms. The van der Waals surface area contributed by atoms with Crippen molar-refractivity contribution in [2.24, 2.45) is 0 Å². The summed E-state index contributed by atoms with van der Waals surface area (Å²) >= 11 is 0. The van der Waals surface area contributed by atoms with E-state index in [-0.39, 0.29) is 11.9 Å². The minimum absolute atomic E-state index is 0.0706. The number of nitrogens with one attached hydrogen (secondary N) is 1. The quantitative estimate of drug-likeness (QED) is 0.557. The molecule has 122 valence electrons. The molecule has 0 aliphatic carbocycles. The Morgan fingerprint density at radius 1 is 1.23 bits per heavy atom. The number of unbranched alkanes of at least 4 members (excludes halogenated alkanes) is 2. The highest BCUT2D eigenvalue weighted by Crippen LogP contribution is 2.27. The van der Waals surface area contributed by atoms with Crippen LogP contribution in [0.5, 0.6) is 11.5 Å². The Morgan fingerprint density at radius 3 is 2.59 bits per heavy atom. The molecular weight excluding hydrogens is 278 g/mol. The Bertz CT molecular complexity index is 497. The van der Waals surface area contributed by atoms with Gasteiger partial charge in [-0.1, -0.05) is 32.3 Å². The molecule has 1 atom stereocenters. The molecule has 0 fully saturated rings. The van der Waals surface area contributed by atoms with Gasteiger partial charge in [-0.05, 0) is 37.1 Å². The smallest absolute Gasteiger partial charge is 0.244 e. The molecule has 1 unspecified atom stereocenters. The van der Waals surface area contributed by atoms with Gasteiger partial charge in [0.1, 0.15) is 0 Å². The van der Waals surface area contributed by atoms with Crippen molar-refractivity contribution in [2.45, 2.75) is 45.6 Å². The number of ether oxygens (including phenoxy) is 2. The molecule has 0 aliphatic heterocycles. The molecule has 0 saturated carbocycles. The predicted octanol–water partition coefficient (Wildman–Crippen LogP) is 3.80. The van der Waals surface area contributed by atoms with Crippen LogP contribution in [0.1, 0.15) is 45.1 Å². The number of methoxy groups -OCH3 is 2. The van der Waals surface area contributed by atoms with Crippen LogP contribution in [0, 0.1) is 0 Å². The third kappa shape index (κ3) is 6.20. The predicted molar refractivity (Wildman–Crippen MR) is 90.3 cm³/mol. The minimum Gasteiger partial charge on any atom is -0.493 e. The number of benzene rings is 1. The maximum Gasteiger partial charge on any atom is 0.244 e. The molecule has 0 radical (unpaired) electrons. The molecule has 1 aromatic rings. The van der Waals surface area contributed by atoms with Crippen molar-refractivity contribution in [1.29, 1.82) is 0 Å². The Kier molecular flexibility index (Phi) is 8.11. The Hall–Kier alpha value is -1.97. The van der Waals surface area contributed by atoms with Crippen LogP contribution in [0.4, 0.5) is 0 Å². The number of hydrogen-bond donors (Lipinski definition) is 1. The number of hydrogen-bond acceptors (Lipinski definition) is 3. The maximum absolute atomic E-state index is 11.9. The minimum atomic E-state index is -0.0706. The number of amides is 1. The van der Waals surface area contributed by atoms with Crippen molar-refractivity contribution in [3.05, 3.63) is 29.8 Å². The van der Waals surface area contributed by atoms with Crippen molar-refractivity contribution < 1.29 is 14.3 Å². The van der Waals surface area contributed by atoms with Gasteiger partial charge in [0.2, 0.25) is 5.91 Å². The van der Waals surface area contributed by atoms with E-state index in [9.17, 15) is 4.79 Å². The lowest BCUT2D eigenvalue weighted by Gasteiger charge is -2.11. The van der Waals surface area contributed by atoms with Crippen LogP contribution in [0.3, 0.4) is 0 Å². The van der Waals surface area contributed by atoms with Crippen LogP contribution in [0.25, 0.3) is 6.08 Å². The second kappa shape index (κ2) is 9.87. The van der Waals surface area contributed by atoms with Crippen LogP contribution >= 0.6 is 0 Å². The summed E-state index contributed by atoms with van der Waals surface area (Å²) in [6.45, 7) is 4.22. The molecule has 0 spiro atoms. The van der Waals surface area contributed by atoms with E-state index < -0.39 is 0 Å².